The zero-order valence-corrected chi connectivity index (χ0v) is 11.7. The fraction of sp³-hybridized carbons (Fsp3) is 0.533. The van der Waals surface area contributed by atoms with Crippen molar-refractivity contribution < 1.29 is 4.74 Å². The number of piperazine rings is 1. The highest BCUT2D eigenvalue weighted by molar-refractivity contribution is 5.47. The summed E-state index contributed by atoms with van der Waals surface area (Å²) in [6.45, 7) is 9.96. The summed E-state index contributed by atoms with van der Waals surface area (Å²) in [5.41, 5.74) is 2.78. The third kappa shape index (κ3) is 3.69. The Kier molecular flexibility index (Phi) is 4.78. The molecule has 0 saturated carbocycles. The van der Waals surface area contributed by atoms with Crippen LogP contribution in [-0.4, -0.2) is 44.2 Å². The fourth-order valence-electron chi connectivity index (χ4n) is 2.45. The minimum atomic E-state index is 0.699. The summed E-state index contributed by atoms with van der Waals surface area (Å²) in [6, 6.07) is 5.94. The van der Waals surface area contributed by atoms with Crippen LogP contribution in [0.3, 0.4) is 0 Å². The van der Waals surface area contributed by atoms with E-state index in [0.717, 1.165) is 49.6 Å². The maximum absolute atomic E-state index is 8.92. The maximum atomic E-state index is 8.92. The largest absolute Gasteiger partial charge is 0.492 e. The third-order valence-corrected chi connectivity index (χ3v) is 3.45. The Morgan fingerprint density at radius 1 is 1.26 bits per heavy atom. The Balaban J connectivity index is 1.90. The number of nitrogens with zero attached hydrogens (tertiary/aromatic N) is 2. The molecule has 0 bridgehead atoms. The fourth-order valence-corrected chi connectivity index (χ4v) is 2.45. The molecule has 0 aliphatic carbocycles. The van der Waals surface area contributed by atoms with Gasteiger partial charge in [0.1, 0.15) is 12.4 Å². The summed E-state index contributed by atoms with van der Waals surface area (Å²) in [4.78, 5) is 2.41. The van der Waals surface area contributed by atoms with Gasteiger partial charge in [0.05, 0.1) is 11.6 Å². The number of rotatable bonds is 4. The topological polar surface area (TPSA) is 48.3 Å². The van der Waals surface area contributed by atoms with E-state index in [-0.39, 0.29) is 0 Å². The van der Waals surface area contributed by atoms with E-state index in [1.807, 2.05) is 26.0 Å². The summed E-state index contributed by atoms with van der Waals surface area (Å²) in [5, 5.41) is 12.3. The van der Waals surface area contributed by atoms with Crippen LogP contribution in [0.15, 0.2) is 12.1 Å². The molecular formula is C15H21N3O. The Hall–Kier alpha value is -1.57. The van der Waals surface area contributed by atoms with Gasteiger partial charge in [-0.2, -0.15) is 5.26 Å². The van der Waals surface area contributed by atoms with Gasteiger partial charge in [-0.3, -0.25) is 4.90 Å². The van der Waals surface area contributed by atoms with Crippen molar-refractivity contribution >= 4 is 0 Å². The second-order valence-electron chi connectivity index (χ2n) is 4.99. The highest BCUT2D eigenvalue weighted by Crippen LogP contribution is 2.24. The molecule has 1 aromatic carbocycles. The summed E-state index contributed by atoms with van der Waals surface area (Å²) in [5.74, 6) is 0.925. The van der Waals surface area contributed by atoms with Crippen LogP contribution in [0.4, 0.5) is 0 Å². The van der Waals surface area contributed by atoms with E-state index in [9.17, 15) is 0 Å². The molecule has 1 aliphatic rings. The second kappa shape index (κ2) is 6.55. The number of nitriles is 1. The minimum Gasteiger partial charge on any atom is -0.492 e. The number of benzene rings is 1. The van der Waals surface area contributed by atoms with Crippen molar-refractivity contribution in [2.24, 2.45) is 0 Å². The highest BCUT2D eigenvalue weighted by atomic mass is 16.5. The molecule has 2 rings (SSSR count). The van der Waals surface area contributed by atoms with Gasteiger partial charge >= 0.3 is 0 Å². The number of nitrogens with one attached hydrogen (secondary N) is 1. The lowest BCUT2D eigenvalue weighted by molar-refractivity contribution is 0.190. The SMILES string of the molecule is Cc1cc(C#N)cc(C)c1OCCN1CCNCC1. The quantitative estimate of drug-likeness (QED) is 0.889. The lowest BCUT2D eigenvalue weighted by Crippen LogP contribution is -2.44. The molecule has 1 fully saturated rings. The van der Waals surface area contributed by atoms with Crippen molar-refractivity contribution in [1.82, 2.24) is 10.2 Å². The molecular weight excluding hydrogens is 238 g/mol. The monoisotopic (exact) mass is 259 g/mol. The molecule has 0 amide bonds. The minimum absolute atomic E-state index is 0.699. The van der Waals surface area contributed by atoms with E-state index in [1.165, 1.54) is 0 Å². The van der Waals surface area contributed by atoms with Crippen molar-refractivity contribution in [2.75, 3.05) is 39.3 Å². The van der Waals surface area contributed by atoms with Crippen LogP contribution in [0.25, 0.3) is 0 Å². The van der Waals surface area contributed by atoms with Crippen LogP contribution in [0.5, 0.6) is 5.75 Å². The van der Waals surface area contributed by atoms with Crippen LogP contribution in [0, 0.1) is 25.2 Å². The Labute approximate surface area is 115 Å². The zero-order valence-electron chi connectivity index (χ0n) is 11.7. The standard InChI is InChI=1S/C15H21N3O/c1-12-9-14(11-16)10-13(2)15(12)19-8-7-18-5-3-17-4-6-18/h9-10,17H,3-8H2,1-2H3. The van der Waals surface area contributed by atoms with Crippen LogP contribution in [-0.2, 0) is 0 Å². The first-order chi connectivity index (χ1) is 9.20. The van der Waals surface area contributed by atoms with Crippen molar-refractivity contribution in [3.8, 4) is 11.8 Å². The Morgan fingerprint density at radius 3 is 2.47 bits per heavy atom. The van der Waals surface area contributed by atoms with Crippen LogP contribution in [0.2, 0.25) is 0 Å². The molecule has 0 radical (unpaired) electrons. The van der Waals surface area contributed by atoms with E-state index < -0.39 is 0 Å². The number of hydrogen-bond donors (Lipinski definition) is 1. The predicted octanol–water partition coefficient (Wildman–Crippen LogP) is 1.46. The van der Waals surface area contributed by atoms with E-state index in [0.29, 0.717) is 12.2 Å². The Bertz CT molecular complexity index is 450. The third-order valence-electron chi connectivity index (χ3n) is 3.45. The summed E-state index contributed by atoms with van der Waals surface area (Å²) >= 11 is 0. The molecule has 1 heterocycles. The molecule has 0 spiro atoms. The molecule has 1 saturated heterocycles. The molecule has 1 aromatic rings. The zero-order chi connectivity index (χ0) is 13.7. The lowest BCUT2D eigenvalue weighted by Gasteiger charge is -2.27. The van der Waals surface area contributed by atoms with Gasteiger partial charge in [-0.25, -0.2) is 0 Å². The van der Waals surface area contributed by atoms with E-state index in [2.05, 4.69) is 16.3 Å². The van der Waals surface area contributed by atoms with Crippen molar-refractivity contribution in [3.63, 3.8) is 0 Å². The predicted molar refractivity (Wildman–Crippen MR) is 75.4 cm³/mol. The summed E-state index contributed by atoms with van der Waals surface area (Å²) in [7, 11) is 0. The molecule has 0 atom stereocenters. The van der Waals surface area contributed by atoms with Crippen LogP contribution in [0.1, 0.15) is 16.7 Å². The average Bonchev–Trinajstić information content (AvgIpc) is 2.42. The van der Waals surface area contributed by atoms with Gasteiger partial charge in [0, 0.05) is 32.7 Å². The first-order valence-electron chi connectivity index (χ1n) is 6.78. The molecule has 102 valence electrons. The normalized spacial score (nSPS) is 16.1. The van der Waals surface area contributed by atoms with Gasteiger partial charge < -0.3 is 10.1 Å². The van der Waals surface area contributed by atoms with Crippen molar-refractivity contribution in [1.29, 1.82) is 5.26 Å². The number of aryl methyl sites for hydroxylation is 2. The molecule has 0 unspecified atom stereocenters. The van der Waals surface area contributed by atoms with E-state index in [4.69, 9.17) is 10.00 Å². The maximum Gasteiger partial charge on any atom is 0.125 e. The molecule has 1 N–H and O–H groups in total. The number of hydrogen-bond acceptors (Lipinski definition) is 4. The first kappa shape index (κ1) is 13.9. The van der Waals surface area contributed by atoms with Gasteiger partial charge in [0.15, 0.2) is 0 Å². The molecule has 4 heteroatoms. The van der Waals surface area contributed by atoms with Crippen LogP contribution < -0.4 is 10.1 Å². The van der Waals surface area contributed by atoms with Gasteiger partial charge in [-0.15, -0.1) is 0 Å². The lowest BCUT2D eigenvalue weighted by atomic mass is 10.1. The van der Waals surface area contributed by atoms with Crippen LogP contribution >= 0.6 is 0 Å². The Morgan fingerprint density at radius 2 is 1.89 bits per heavy atom. The van der Waals surface area contributed by atoms with Gasteiger partial charge in [0.25, 0.3) is 0 Å². The first-order valence-corrected chi connectivity index (χ1v) is 6.78. The molecule has 0 aromatic heterocycles. The molecule has 4 nitrogen and oxygen atoms in total. The average molecular weight is 259 g/mol. The smallest absolute Gasteiger partial charge is 0.125 e. The molecule has 1 aliphatic heterocycles. The summed E-state index contributed by atoms with van der Waals surface area (Å²) < 4.78 is 5.90. The molecule has 19 heavy (non-hydrogen) atoms. The van der Waals surface area contributed by atoms with E-state index >= 15 is 0 Å². The van der Waals surface area contributed by atoms with E-state index in [1.54, 1.807) is 0 Å². The van der Waals surface area contributed by atoms with Crippen molar-refractivity contribution in [2.45, 2.75) is 13.8 Å². The van der Waals surface area contributed by atoms with Gasteiger partial charge in [-0.05, 0) is 37.1 Å². The summed E-state index contributed by atoms with van der Waals surface area (Å²) in [6.07, 6.45) is 0. The van der Waals surface area contributed by atoms with Gasteiger partial charge in [-0.1, -0.05) is 0 Å². The highest BCUT2D eigenvalue weighted by Gasteiger charge is 2.10. The number of ether oxygens (including phenoxy) is 1. The van der Waals surface area contributed by atoms with Crippen molar-refractivity contribution in [3.05, 3.63) is 28.8 Å². The second-order valence-corrected chi connectivity index (χ2v) is 4.99. The van der Waals surface area contributed by atoms with Gasteiger partial charge in [0.2, 0.25) is 0 Å².